The van der Waals surface area contributed by atoms with Gasteiger partial charge in [-0.05, 0) is 34.7 Å². The smallest absolute Gasteiger partial charge is 0.388 e. The number of fused-ring (bicyclic) bond motifs is 1. The van der Waals surface area contributed by atoms with Crippen LogP contribution in [0, 0.1) is 0 Å². The summed E-state index contributed by atoms with van der Waals surface area (Å²) in [5.41, 5.74) is 3.72. The molecule has 1 aliphatic rings. The predicted molar refractivity (Wildman–Crippen MR) is 69.7 cm³/mol. The van der Waals surface area contributed by atoms with Crippen LogP contribution in [0.5, 0.6) is 5.88 Å². The van der Waals surface area contributed by atoms with Crippen molar-refractivity contribution in [1.29, 1.82) is 0 Å². The topological polar surface area (TPSA) is 31.4 Å². The highest BCUT2D eigenvalue weighted by Crippen LogP contribution is 2.31. The number of pyridine rings is 1. The van der Waals surface area contributed by atoms with E-state index in [1.807, 2.05) is 18.2 Å². The van der Waals surface area contributed by atoms with E-state index >= 15 is 0 Å². The van der Waals surface area contributed by atoms with Gasteiger partial charge in [0.2, 0.25) is 5.88 Å². The maximum atomic E-state index is 12.3. The molecule has 0 aliphatic carbocycles. The predicted octanol–water partition coefficient (Wildman–Crippen LogP) is 3.72. The SMILES string of the molecule is FC(F)(F)Oc1cc(-c2cccc3c2CCOC3)ccn1. The number of benzene rings is 1. The summed E-state index contributed by atoms with van der Waals surface area (Å²) in [6, 6.07) is 8.70. The molecule has 0 radical (unpaired) electrons. The van der Waals surface area contributed by atoms with Crippen molar-refractivity contribution in [1.82, 2.24) is 4.98 Å². The quantitative estimate of drug-likeness (QED) is 0.846. The van der Waals surface area contributed by atoms with Crippen LogP contribution in [-0.2, 0) is 17.8 Å². The van der Waals surface area contributed by atoms with Crippen LogP contribution in [0.3, 0.4) is 0 Å². The summed E-state index contributed by atoms with van der Waals surface area (Å²) in [6.07, 6.45) is -2.69. The average Bonchev–Trinajstić information content (AvgIpc) is 2.45. The van der Waals surface area contributed by atoms with Gasteiger partial charge in [0.25, 0.3) is 0 Å². The summed E-state index contributed by atoms with van der Waals surface area (Å²) in [6.45, 7) is 1.14. The lowest BCUT2D eigenvalue weighted by Crippen LogP contribution is -2.17. The van der Waals surface area contributed by atoms with E-state index in [0.717, 1.165) is 23.1 Å². The maximum Gasteiger partial charge on any atom is 0.574 e. The molecule has 110 valence electrons. The van der Waals surface area contributed by atoms with E-state index in [4.69, 9.17) is 4.74 Å². The standard InChI is InChI=1S/C15H12F3NO2/c16-15(17,18)21-14-8-10(4-6-19-14)12-3-1-2-11-9-20-7-5-13(11)12/h1-4,6,8H,5,7,9H2. The zero-order valence-electron chi connectivity index (χ0n) is 11.0. The minimum Gasteiger partial charge on any atom is -0.388 e. The second kappa shape index (κ2) is 5.37. The van der Waals surface area contributed by atoms with Crippen molar-refractivity contribution in [2.75, 3.05) is 6.61 Å². The zero-order chi connectivity index (χ0) is 14.9. The van der Waals surface area contributed by atoms with Gasteiger partial charge in [-0.25, -0.2) is 4.98 Å². The van der Waals surface area contributed by atoms with Crippen LogP contribution in [0.1, 0.15) is 11.1 Å². The van der Waals surface area contributed by atoms with Crippen molar-refractivity contribution >= 4 is 0 Å². The first-order valence-corrected chi connectivity index (χ1v) is 6.43. The first-order chi connectivity index (χ1) is 10.0. The fraction of sp³-hybridized carbons (Fsp3) is 0.267. The molecule has 6 heteroatoms. The van der Waals surface area contributed by atoms with Crippen molar-refractivity contribution in [3.05, 3.63) is 47.7 Å². The van der Waals surface area contributed by atoms with Crippen molar-refractivity contribution in [2.24, 2.45) is 0 Å². The molecule has 1 aliphatic heterocycles. The van der Waals surface area contributed by atoms with Gasteiger partial charge in [-0.2, -0.15) is 0 Å². The molecular formula is C15H12F3NO2. The highest BCUT2D eigenvalue weighted by molar-refractivity contribution is 5.69. The Morgan fingerprint density at radius 3 is 2.86 bits per heavy atom. The van der Waals surface area contributed by atoms with Gasteiger partial charge in [-0.1, -0.05) is 18.2 Å². The second-order valence-corrected chi connectivity index (χ2v) is 4.68. The van der Waals surface area contributed by atoms with Crippen molar-refractivity contribution in [3.8, 4) is 17.0 Å². The van der Waals surface area contributed by atoms with Gasteiger partial charge in [-0.15, -0.1) is 13.2 Å². The Balaban J connectivity index is 1.99. The Morgan fingerprint density at radius 2 is 2.05 bits per heavy atom. The Morgan fingerprint density at radius 1 is 1.19 bits per heavy atom. The van der Waals surface area contributed by atoms with Crippen LogP contribution < -0.4 is 4.74 Å². The van der Waals surface area contributed by atoms with Crippen LogP contribution in [0.25, 0.3) is 11.1 Å². The van der Waals surface area contributed by atoms with Gasteiger partial charge < -0.3 is 9.47 Å². The minimum absolute atomic E-state index is 0.454. The average molecular weight is 295 g/mol. The molecular weight excluding hydrogens is 283 g/mol. The van der Waals surface area contributed by atoms with Gasteiger partial charge in [0.15, 0.2) is 0 Å². The normalized spacial score (nSPS) is 14.6. The minimum atomic E-state index is -4.74. The van der Waals surface area contributed by atoms with Crippen LogP contribution >= 0.6 is 0 Å². The molecule has 0 N–H and O–H groups in total. The third kappa shape index (κ3) is 3.16. The number of rotatable bonds is 2. The highest BCUT2D eigenvalue weighted by atomic mass is 19.4. The highest BCUT2D eigenvalue weighted by Gasteiger charge is 2.31. The number of hydrogen-bond donors (Lipinski definition) is 0. The molecule has 0 spiro atoms. The summed E-state index contributed by atoms with van der Waals surface area (Å²) in [5.74, 6) is -0.454. The Hall–Kier alpha value is -2.08. The van der Waals surface area contributed by atoms with E-state index in [2.05, 4.69) is 9.72 Å². The number of halogens is 3. The number of hydrogen-bond acceptors (Lipinski definition) is 3. The lowest BCUT2D eigenvalue weighted by molar-refractivity contribution is -0.276. The fourth-order valence-corrected chi connectivity index (χ4v) is 2.44. The van der Waals surface area contributed by atoms with Gasteiger partial charge in [0, 0.05) is 12.3 Å². The first-order valence-electron chi connectivity index (χ1n) is 6.43. The van der Waals surface area contributed by atoms with Crippen LogP contribution in [0.15, 0.2) is 36.5 Å². The van der Waals surface area contributed by atoms with E-state index in [9.17, 15) is 13.2 Å². The molecule has 1 aromatic heterocycles. The lowest BCUT2D eigenvalue weighted by Gasteiger charge is -2.20. The summed E-state index contributed by atoms with van der Waals surface area (Å²) < 4.78 is 46.1. The molecule has 0 fully saturated rings. The Bertz CT molecular complexity index is 656. The molecule has 0 amide bonds. The van der Waals surface area contributed by atoms with Crippen molar-refractivity contribution in [3.63, 3.8) is 0 Å². The van der Waals surface area contributed by atoms with Gasteiger partial charge >= 0.3 is 6.36 Å². The first kappa shape index (κ1) is 13.9. The van der Waals surface area contributed by atoms with E-state index in [-0.39, 0.29) is 0 Å². The number of alkyl halides is 3. The molecule has 21 heavy (non-hydrogen) atoms. The van der Waals surface area contributed by atoms with Crippen LogP contribution in [-0.4, -0.2) is 18.0 Å². The van der Waals surface area contributed by atoms with Gasteiger partial charge in [0.05, 0.1) is 13.2 Å². The molecule has 3 nitrogen and oxygen atoms in total. The Labute approximate surface area is 119 Å². The number of ether oxygens (including phenoxy) is 2. The zero-order valence-corrected chi connectivity index (χ0v) is 11.0. The number of aromatic nitrogens is 1. The molecule has 2 aromatic rings. The molecule has 3 rings (SSSR count). The van der Waals surface area contributed by atoms with Gasteiger partial charge in [0.1, 0.15) is 0 Å². The summed E-state index contributed by atoms with van der Waals surface area (Å²) in [5, 5.41) is 0. The second-order valence-electron chi connectivity index (χ2n) is 4.68. The maximum absolute atomic E-state index is 12.3. The van der Waals surface area contributed by atoms with Crippen LogP contribution in [0.2, 0.25) is 0 Å². The van der Waals surface area contributed by atoms with Gasteiger partial charge in [-0.3, -0.25) is 0 Å². The fourth-order valence-electron chi connectivity index (χ4n) is 2.44. The lowest BCUT2D eigenvalue weighted by atomic mass is 9.93. The summed E-state index contributed by atoms with van der Waals surface area (Å²) in [4.78, 5) is 3.60. The van der Waals surface area contributed by atoms with E-state index in [0.29, 0.717) is 18.8 Å². The van der Waals surface area contributed by atoms with Crippen molar-refractivity contribution in [2.45, 2.75) is 19.4 Å². The molecule has 0 saturated heterocycles. The third-order valence-electron chi connectivity index (χ3n) is 3.29. The number of nitrogens with zero attached hydrogens (tertiary/aromatic N) is 1. The van der Waals surface area contributed by atoms with E-state index < -0.39 is 12.2 Å². The molecule has 1 aromatic carbocycles. The van der Waals surface area contributed by atoms with Crippen LogP contribution in [0.4, 0.5) is 13.2 Å². The molecule has 2 heterocycles. The molecule has 0 bridgehead atoms. The van der Waals surface area contributed by atoms with Crippen molar-refractivity contribution < 1.29 is 22.6 Å². The molecule has 0 atom stereocenters. The summed E-state index contributed by atoms with van der Waals surface area (Å²) >= 11 is 0. The molecule has 0 unspecified atom stereocenters. The third-order valence-corrected chi connectivity index (χ3v) is 3.29. The Kier molecular flexibility index (Phi) is 3.55. The van der Waals surface area contributed by atoms with E-state index in [1.54, 1.807) is 6.07 Å². The van der Waals surface area contributed by atoms with E-state index in [1.165, 1.54) is 12.3 Å². The monoisotopic (exact) mass is 295 g/mol. The summed E-state index contributed by atoms with van der Waals surface area (Å²) in [7, 11) is 0. The largest absolute Gasteiger partial charge is 0.574 e. The molecule has 0 saturated carbocycles.